The number of nitrogens with one attached hydrogen (secondary N) is 1. The largest absolute Gasteiger partial charge is 0.307 e. The van der Waals surface area contributed by atoms with E-state index in [0.29, 0.717) is 0 Å². The van der Waals surface area contributed by atoms with Gasteiger partial charge in [0.05, 0.1) is 6.04 Å². The molecule has 0 aromatic heterocycles. The second-order valence-corrected chi connectivity index (χ2v) is 4.85. The summed E-state index contributed by atoms with van der Waals surface area (Å²) in [7, 11) is 0. The third-order valence-corrected chi connectivity index (χ3v) is 3.76. The Bertz CT molecular complexity index is 419. The van der Waals surface area contributed by atoms with Crippen LogP contribution < -0.4 is 5.32 Å². The predicted molar refractivity (Wildman–Crippen MR) is 63.8 cm³/mol. The maximum atomic E-state index is 12.2. The normalized spacial score (nSPS) is 23.4. The van der Waals surface area contributed by atoms with Gasteiger partial charge in [0.15, 0.2) is 5.78 Å². The summed E-state index contributed by atoms with van der Waals surface area (Å²) < 4.78 is 0. The number of benzene rings is 1. The number of hydrogen-bond acceptors (Lipinski definition) is 2. The van der Waals surface area contributed by atoms with Crippen LogP contribution in [-0.4, -0.2) is 18.4 Å². The van der Waals surface area contributed by atoms with Crippen LogP contribution in [0.2, 0.25) is 0 Å². The molecule has 1 N–H and O–H groups in total. The molecular formula is C14H17NO. The van der Waals surface area contributed by atoms with Crippen molar-refractivity contribution < 1.29 is 4.79 Å². The maximum Gasteiger partial charge on any atom is 0.179 e. The first kappa shape index (κ1) is 10.0. The Hall–Kier alpha value is -1.15. The molecule has 2 aliphatic rings. The Kier molecular flexibility index (Phi) is 2.52. The topological polar surface area (TPSA) is 29.1 Å². The molecule has 0 amide bonds. The minimum atomic E-state index is 0.0689. The Balaban J connectivity index is 1.86. The van der Waals surface area contributed by atoms with E-state index in [-0.39, 0.29) is 11.8 Å². The number of carbonyl (C=O) groups excluding carboxylic acids is 1. The van der Waals surface area contributed by atoms with E-state index >= 15 is 0 Å². The quantitative estimate of drug-likeness (QED) is 0.766. The second kappa shape index (κ2) is 4.02. The summed E-state index contributed by atoms with van der Waals surface area (Å²) in [6.45, 7) is 0.987. The van der Waals surface area contributed by atoms with Crippen LogP contribution in [0.15, 0.2) is 18.2 Å². The standard InChI is InChI=1S/C14H17NO/c16-14(13-5-2-8-15-13)12-7-6-10-3-1-4-11(10)9-12/h6-7,9,13,15H,1-5,8H2. The van der Waals surface area contributed by atoms with Crippen molar-refractivity contribution in [3.8, 4) is 0 Å². The van der Waals surface area contributed by atoms with Gasteiger partial charge in [-0.15, -0.1) is 0 Å². The third kappa shape index (κ3) is 1.67. The van der Waals surface area contributed by atoms with Crippen molar-refractivity contribution in [1.29, 1.82) is 0 Å². The van der Waals surface area contributed by atoms with Crippen LogP contribution in [0.5, 0.6) is 0 Å². The zero-order chi connectivity index (χ0) is 11.0. The van der Waals surface area contributed by atoms with Crippen LogP contribution in [0, 0.1) is 0 Å². The SMILES string of the molecule is O=C(c1ccc2c(c1)CCC2)C1CCCN1. The molecule has 0 spiro atoms. The summed E-state index contributed by atoms with van der Waals surface area (Å²) in [5.41, 5.74) is 3.74. The van der Waals surface area contributed by atoms with Gasteiger partial charge in [0.1, 0.15) is 0 Å². The van der Waals surface area contributed by atoms with Gasteiger partial charge in [-0.25, -0.2) is 0 Å². The first-order valence-electron chi connectivity index (χ1n) is 6.24. The molecule has 1 saturated heterocycles. The third-order valence-electron chi connectivity index (χ3n) is 3.76. The molecule has 1 fully saturated rings. The fourth-order valence-corrected chi connectivity index (χ4v) is 2.83. The van der Waals surface area contributed by atoms with Crippen LogP contribution >= 0.6 is 0 Å². The monoisotopic (exact) mass is 215 g/mol. The van der Waals surface area contributed by atoms with Gasteiger partial charge < -0.3 is 5.32 Å². The van der Waals surface area contributed by atoms with Crippen molar-refractivity contribution in [1.82, 2.24) is 5.32 Å². The second-order valence-electron chi connectivity index (χ2n) is 4.85. The van der Waals surface area contributed by atoms with Gasteiger partial charge in [-0.2, -0.15) is 0 Å². The highest BCUT2D eigenvalue weighted by Crippen LogP contribution is 2.24. The van der Waals surface area contributed by atoms with Crippen LogP contribution in [-0.2, 0) is 12.8 Å². The van der Waals surface area contributed by atoms with Gasteiger partial charge in [0, 0.05) is 5.56 Å². The minimum absolute atomic E-state index is 0.0689. The van der Waals surface area contributed by atoms with Gasteiger partial charge in [0.25, 0.3) is 0 Å². The summed E-state index contributed by atoms with van der Waals surface area (Å²) in [6, 6.07) is 6.33. The molecule has 1 atom stereocenters. The summed E-state index contributed by atoms with van der Waals surface area (Å²) in [6.07, 6.45) is 5.70. The summed E-state index contributed by atoms with van der Waals surface area (Å²) in [5.74, 6) is 0.284. The average molecular weight is 215 g/mol. The van der Waals surface area contributed by atoms with Crippen molar-refractivity contribution in [3.05, 3.63) is 34.9 Å². The Morgan fingerprint density at radius 2 is 2.06 bits per heavy atom. The van der Waals surface area contributed by atoms with Gasteiger partial charge in [-0.05, 0) is 55.8 Å². The molecule has 1 aromatic carbocycles. The van der Waals surface area contributed by atoms with E-state index in [9.17, 15) is 4.79 Å². The predicted octanol–water partition coefficient (Wildman–Crippen LogP) is 2.11. The van der Waals surface area contributed by atoms with E-state index in [1.807, 2.05) is 6.07 Å². The Labute approximate surface area is 96.1 Å². The number of hydrogen-bond donors (Lipinski definition) is 1. The fraction of sp³-hybridized carbons (Fsp3) is 0.500. The molecule has 0 radical (unpaired) electrons. The van der Waals surface area contributed by atoms with E-state index in [4.69, 9.17) is 0 Å². The molecule has 1 aliphatic carbocycles. The molecule has 1 unspecified atom stereocenters. The van der Waals surface area contributed by atoms with Crippen molar-refractivity contribution in [3.63, 3.8) is 0 Å². The highest BCUT2D eigenvalue weighted by Gasteiger charge is 2.24. The molecule has 2 nitrogen and oxygen atoms in total. The molecule has 1 heterocycles. The van der Waals surface area contributed by atoms with Crippen molar-refractivity contribution >= 4 is 5.78 Å². The van der Waals surface area contributed by atoms with Crippen molar-refractivity contribution in [2.24, 2.45) is 0 Å². The number of fused-ring (bicyclic) bond motifs is 1. The molecule has 84 valence electrons. The molecule has 3 rings (SSSR count). The minimum Gasteiger partial charge on any atom is -0.307 e. The molecule has 16 heavy (non-hydrogen) atoms. The van der Waals surface area contributed by atoms with Crippen LogP contribution in [0.25, 0.3) is 0 Å². The molecular weight excluding hydrogens is 198 g/mol. The smallest absolute Gasteiger partial charge is 0.179 e. The van der Waals surface area contributed by atoms with Crippen LogP contribution in [0.3, 0.4) is 0 Å². The Morgan fingerprint density at radius 3 is 2.88 bits per heavy atom. The lowest BCUT2D eigenvalue weighted by molar-refractivity contribution is 0.0952. The average Bonchev–Trinajstić information content (AvgIpc) is 2.98. The van der Waals surface area contributed by atoms with E-state index in [1.54, 1.807) is 0 Å². The van der Waals surface area contributed by atoms with E-state index in [0.717, 1.165) is 31.4 Å². The Morgan fingerprint density at radius 1 is 1.19 bits per heavy atom. The van der Waals surface area contributed by atoms with E-state index < -0.39 is 0 Å². The van der Waals surface area contributed by atoms with Crippen LogP contribution in [0.4, 0.5) is 0 Å². The molecule has 1 aliphatic heterocycles. The zero-order valence-corrected chi connectivity index (χ0v) is 9.46. The summed E-state index contributed by atoms with van der Waals surface area (Å²) in [4.78, 5) is 12.2. The van der Waals surface area contributed by atoms with Crippen LogP contribution in [0.1, 0.15) is 40.7 Å². The number of carbonyl (C=O) groups is 1. The molecule has 0 bridgehead atoms. The van der Waals surface area contributed by atoms with E-state index in [1.165, 1.54) is 24.0 Å². The maximum absolute atomic E-state index is 12.2. The van der Waals surface area contributed by atoms with Gasteiger partial charge >= 0.3 is 0 Å². The number of aryl methyl sites for hydroxylation is 2. The highest BCUT2D eigenvalue weighted by molar-refractivity contribution is 6.00. The zero-order valence-electron chi connectivity index (χ0n) is 9.46. The van der Waals surface area contributed by atoms with Crippen molar-refractivity contribution in [2.75, 3.05) is 6.54 Å². The summed E-state index contributed by atoms with van der Waals surface area (Å²) in [5, 5.41) is 3.27. The molecule has 2 heteroatoms. The number of Topliss-reactive ketones (excluding diaryl/α,β-unsaturated/α-hetero) is 1. The van der Waals surface area contributed by atoms with E-state index in [2.05, 4.69) is 17.4 Å². The highest BCUT2D eigenvalue weighted by atomic mass is 16.1. The van der Waals surface area contributed by atoms with Crippen molar-refractivity contribution in [2.45, 2.75) is 38.1 Å². The fourth-order valence-electron chi connectivity index (χ4n) is 2.83. The van der Waals surface area contributed by atoms with Gasteiger partial charge in [-0.3, -0.25) is 4.79 Å². The van der Waals surface area contributed by atoms with Gasteiger partial charge in [0.2, 0.25) is 0 Å². The lowest BCUT2D eigenvalue weighted by Gasteiger charge is -2.10. The number of ketones is 1. The molecule has 1 aromatic rings. The lowest BCUT2D eigenvalue weighted by Crippen LogP contribution is -2.30. The number of rotatable bonds is 2. The lowest BCUT2D eigenvalue weighted by atomic mass is 9.99. The molecule has 0 saturated carbocycles. The van der Waals surface area contributed by atoms with Gasteiger partial charge in [-0.1, -0.05) is 12.1 Å². The first-order valence-corrected chi connectivity index (χ1v) is 6.24. The summed E-state index contributed by atoms with van der Waals surface area (Å²) >= 11 is 0. The first-order chi connectivity index (χ1) is 7.84.